The van der Waals surface area contributed by atoms with Gasteiger partial charge in [0.25, 0.3) is 0 Å². The molecule has 0 aromatic carbocycles. The molecule has 1 heterocycles. The van der Waals surface area contributed by atoms with E-state index in [2.05, 4.69) is 10.6 Å². The fourth-order valence-electron chi connectivity index (χ4n) is 1.47. The Balaban J connectivity index is 2.28. The van der Waals surface area contributed by atoms with E-state index in [1.807, 2.05) is 0 Å². The lowest BCUT2D eigenvalue weighted by atomic mass is 10.1. The van der Waals surface area contributed by atoms with Crippen LogP contribution < -0.4 is 10.6 Å². The largest absolute Gasteiger partial charge is 0.385 e. The van der Waals surface area contributed by atoms with E-state index in [-0.39, 0.29) is 18.2 Å². The van der Waals surface area contributed by atoms with E-state index in [0.717, 1.165) is 0 Å². The monoisotopic (exact) mass is 228 g/mol. The molecule has 0 bridgehead atoms. The molecule has 0 aromatic heterocycles. The molecule has 0 saturated carbocycles. The summed E-state index contributed by atoms with van der Waals surface area (Å²) in [4.78, 5) is 33.5. The molecule has 0 radical (unpaired) electrons. The van der Waals surface area contributed by atoms with Crippen LogP contribution in [0.1, 0.15) is 25.7 Å². The third kappa shape index (κ3) is 3.98. The molecule has 16 heavy (non-hydrogen) atoms. The van der Waals surface area contributed by atoms with Gasteiger partial charge in [-0.15, -0.1) is 0 Å². The number of imide groups is 1. The van der Waals surface area contributed by atoms with Gasteiger partial charge in [0.2, 0.25) is 17.7 Å². The second kappa shape index (κ2) is 6.22. The van der Waals surface area contributed by atoms with E-state index in [1.165, 1.54) is 0 Å². The molecule has 90 valence electrons. The maximum absolute atomic E-state index is 11.4. The number of methoxy groups -OCH3 is 1. The van der Waals surface area contributed by atoms with Crippen molar-refractivity contribution in [3.05, 3.63) is 0 Å². The van der Waals surface area contributed by atoms with Crippen molar-refractivity contribution in [3.63, 3.8) is 0 Å². The van der Waals surface area contributed by atoms with Gasteiger partial charge in [-0.2, -0.15) is 0 Å². The molecule has 1 rings (SSSR count). The summed E-state index contributed by atoms with van der Waals surface area (Å²) in [7, 11) is 1.57. The highest BCUT2D eigenvalue weighted by Crippen LogP contribution is 2.04. The Kier molecular flexibility index (Phi) is 4.91. The predicted molar refractivity (Wildman–Crippen MR) is 55.4 cm³/mol. The highest BCUT2D eigenvalue weighted by molar-refractivity contribution is 6.01. The fraction of sp³-hybridized carbons (Fsp3) is 0.700. The summed E-state index contributed by atoms with van der Waals surface area (Å²) in [5.41, 5.74) is 0. The molecule has 0 aliphatic carbocycles. The molecule has 1 aliphatic heterocycles. The molecule has 0 aromatic rings. The Morgan fingerprint density at radius 1 is 1.56 bits per heavy atom. The van der Waals surface area contributed by atoms with Gasteiger partial charge < -0.3 is 10.1 Å². The molecule has 3 amide bonds. The minimum Gasteiger partial charge on any atom is -0.385 e. The average Bonchev–Trinajstić information content (AvgIpc) is 2.23. The minimum atomic E-state index is -0.576. The van der Waals surface area contributed by atoms with Crippen molar-refractivity contribution in [3.8, 4) is 0 Å². The molecule has 6 heteroatoms. The fourth-order valence-corrected chi connectivity index (χ4v) is 1.47. The Morgan fingerprint density at radius 2 is 2.31 bits per heavy atom. The van der Waals surface area contributed by atoms with E-state index >= 15 is 0 Å². The molecule has 1 aliphatic rings. The lowest BCUT2D eigenvalue weighted by Gasteiger charge is -2.21. The number of carbonyl (C=O) groups excluding carboxylic acids is 3. The summed E-state index contributed by atoms with van der Waals surface area (Å²) in [6.45, 7) is 0.517. The van der Waals surface area contributed by atoms with Gasteiger partial charge in [-0.25, -0.2) is 0 Å². The number of carbonyl (C=O) groups is 3. The third-order valence-electron chi connectivity index (χ3n) is 2.33. The quantitative estimate of drug-likeness (QED) is 0.483. The van der Waals surface area contributed by atoms with Crippen molar-refractivity contribution in [1.82, 2.24) is 10.6 Å². The molecular formula is C10H16N2O4. The first kappa shape index (κ1) is 12.6. The van der Waals surface area contributed by atoms with Crippen LogP contribution in [0.2, 0.25) is 0 Å². The lowest BCUT2D eigenvalue weighted by molar-refractivity contribution is -0.137. The first-order valence-electron chi connectivity index (χ1n) is 5.25. The van der Waals surface area contributed by atoms with Gasteiger partial charge in [-0.05, 0) is 12.8 Å². The van der Waals surface area contributed by atoms with Crippen molar-refractivity contribution >= 4 is 17.7 Å². The third-order valence-corrected chi connectivity index (χ3v) is 2.33. The van der Waals surface area contributed by atoms with Crippen LogP contribution in [0.25, 0.3) is 0 Å². The second-order valence-electron chi connectivity index (χ2n) is 3.67. The number of rotatable bonds is 5. The maximum Gasteiger partial charge on any atom is 0.249 e. The van der Waals surface area contributed by atoms with E-state index < -0.39 is 11.9 Å². The SMILES string of the molecule is COCCCC(=O)NC1CCC(=O)NC1=O. The first-order valence-corrected chi connectivity index (χ1v) is 5.25. The van der Waals surface area contributed by atoms with Crippen LogP contribution in [-0.2, 0) is 19.1 Å². The molecular weight excluding hydrogens is 212 g/mol. The van der Waals surface area contributed by atoms with Crippen molar-refractivity contribution in [1.29, 1.82) is 0 Å². The summed E-state index contributed by atoms with van der Waals surface area (Å²) in [6.07, 6.45) is 1.59. The van der Waals surface area contributed by atoms with E-state index in [9.17, 15) is 14.4 Å². The van der Waals surface area contributed by atoms with Crippen LogP contribution in [0.5, 0.6) is 0 Å². The van der Waals surface area contributed by atoms with Gasteiger partial charge in [-0.3, -0.25) is 19.7 Å². The second-order valence-corrected chi connectivity index (χ2v) is 3.67. The summed E-state index contributed by atoms with van der Waals surface area (Å²) < 4.78 is 4.81. The molecule has 0 spiro atoms. The summed E-state index contributed by atoms with van der Waals surface area (Å²) in [6, 6.07) is -0.576. The number of amides is 3. The van der Waals surface area contributed by atoms with Crippen LogP contribution in [0.15, 0.2) is 0 Å². The zero-order valence-corrected chi connectivity index (χ0v) is 9.25. The van der Waals surface area contributed by atoms with Gasteiger partial charge in [0.05, 0.1) is 0 Å². The minimum absolute atomic E-state index is 0.188. The Bertz CT molecular complexity index is 291. The van der Waals surface area contributed by atoms with Crippen molar-refractivity contribution in [2.24, 2.45) is 0 Å². The molecule has 6 nitrogen and oxygen atoms in total. The highest BCUT2D eigenvalue weighted by Gasteiger charge is 2.27. The smallest absolute Gasteiger partial charge is 0.249 e. The summed E-state index contributed by atoms with van der Waals surface area (Å²) in [5, 5.41) is 4.77. The highest BCUT2D eigenvalue weighted by atomic mass is 16.5. The van der Waals surface area contributed by atoms with Gasteiger partial charge in [0.1, 0.15) is 6.04 Å². The van der Waals surface area contributed by atoms with E-state index in [0.29, 0.717) is 25.9 Å². The molecule has 1 unspecified atom stereocenters. The normalized spacial score (nSPS) is 20.4. The zero-order valence-electron chi connectivity index (χ0n) is 9.25. The zero-order chi connectivity index (χ0) is 12.0. The molecule has 2 N–H and O–H groups in total. The van der Waals surface area contributed by atoms with Crippen molar-refractivity contribution in [2.75, 3.05) is 13.7 Å². The van der Waals surface area contributed by atoms with Crippen LogP contribution in [0, 0.1) is 0 Å². The Labute approximate surface area is 93.7 Å². The molecule has 1 atom stereocenters. The predicted octanol–water partition coefficient (Wildman–Crippen LogP) is -0.666. The first-order chi connectivity index (χ1) is 7.63. The van der Waals surface area contributed by atoms with Crippen molar-refractivity contribution < 1.29 is 19.1 Å². The van der Waals surface area contributed by atoms with Gasteiger partial charge in [0, 0.05) is 26.6 Å². The molecule has 1 fully saturated rings. The number of hydrogen-bond donors (Lipinski definition) is 2. The number of piperidine rings is 1. The number of nitrogens with one attached hydrogen (secondary N) is 2. The summed E-state index contributed by atoms with van der Waals surface area (Å²) in [5.74, 6) is -0.891. The van der Waals surface area contributed by atoms with Crippen LogP contribution >= 0.6 is 0 Å². The van der Waals surface area contributed by atoms with Gasteiger partial charge >= 0.3 is 0 Å². The van der Waals surface area contributed by atoms with Gasteiger partial charge in [0.15, 0.2) is 0 Å². The average molecular weight is 228 g/mol. The number of hydrogen-bond acceptors (Lipinski definition) is 4. The van der Waals surface area contributed by atoms with Crippen molar-refractivity contribution in [2.45, 2.75) is 31.7 Å². The Morgan fingerprint density at radius 3 is 2.94 bits per heavy atom. The van der Waals surface area contributed by atoms with Crippen LogP contribution in [0.4, 0.5) is 0 Å². The summed E-state index contributed by atoms with van der Waals surface area (Å²) >= 11 is 0. The standard InChI is InChI=1S/C10H16N2O4/c1-16-6-2-3-8(13)11-7-4-5-9(14)12-10(7)15/h7H,2-6H2,1H3,(H,11,13)(H,12,14,15). The van der Waals surface area contributed by atoms with E-state index in [4.69, 9.17) is 4.74 Å². The topological polar surface area (TPSA) is 84.5 Å². The molecule has 1 saturated heterocycles. The maximum atomic E-state index is 11.4. The van der Waals surface area contributed by atoms with E-state index in [1.54, 1.807) is 7.11 Å². The van der Waals surface area contributed by atoms with Crippen LogP contribution in [-0.4, -0.2) is 37.5 Å². The Hall–Kier alpha value is -1.43. The van der Waals surface area contributed by atoms with Gasteiger partial charge in [-0.1, -0.05) is 0 Å². The lowest BCUT2D eigenvalue weighted by Crippen LogP contribution is -2.52. The van der Waals surface area contributed by atoms with Crippen LogP contribution in [0.3, 0.4) is 0 Å². The number of ether oxygens (including phenoxy) is 1.